The number of fused-ring (bicyclic) bond motifs is 1. The van der Waals surface area contributed by atoms with Crippen LogP contribution < -0.4 is 10.1 Å². The summed E-state index contributed by atoms with van der Waals surface area (Å²) < 4.78 is 31.3. The first-order valence-corrected chi connectivity index (χ1v) is 13.6. The SMILES string of the molecule is COc1ccc(-c2cc(C(=O)Nc3cccc(C(C)=O)c3)c3c(C)nn(C4CCS(=O)(=O)C4)c3n2)cc1. The number of hydrogen-bond acceptors (Lipinski definition) is 7. The van der Waals surface area contributed by atoms with Crippen LogP contribution in [0, 0.1) is 6.92 Å². The number of aromatic nitrogens is 3. The van der Waals surface area contributed by atoms with E-state index in [1.165, 1.54) is 6.92 Å². The van der Waals surface area contributed by atoms with Gasteiger partial charge < -0.3 is 10.1 Å². The summed E-state index contributed by atoms with van der Waals surface area (Å²) in [6.07, 6.45) is 0.437. The van der Waals surface area contributed by atoms with Crippen molar-refractivity contribution in [1.29, 1.82) is 0 Å². The highest BCUT2D eigenvalue weighted by Crippen LogP contribution is 2.33. The smallest absolute Gasteiger partial charge is 0.256 e. The van der Waals surface area contributed by atoms with Crippen molar-refractivity contribution in [3.63, 3.8) is 0 Å². The van der Waals surface area contributed by atoms with E-state index in [9.17, 15) is 18.0 Å². The second kappa shape index (κ2) is 9.44. The Hall–Kier alpha value is -4.05. The molecule has 9 nitrogen and oxygen atoms in total. The third kappa shape index (κ3) is 4.84. The largest absolute Gasteiger partial charge is 0.497 e. The van der Waals surface area contributed by atoms with Gasteiger partial charge in [-0.25, -0.2) is 18.1 Å². The van der Waals surface area contributed by atoms with Gasteiger partial charge in [-0.15, -0.1) is 0 Å². The van der Waals surface area contributed by atoms with Crippen molar-refractivity contribution in [2.45, 2.75) is 26.3 Å². The first-order valence-electron chi connectivity index (χ1n) is 11.8. The molecule has 4 aromatic rings. The van der Waals surface area contributed by atoms with Gasteiger partial charge >= 0.3 is 0 Å². The lowest BCUT2D eigenvalue weighted by atomic mass is 10.0. The van der Waals surface area contributed by atoms with Crippen LogP contribution >= 0.6 is 0 Å². The van der Waals surface area contributed by atoms with Gasteiger partial charge in [-0.05, 0) is 62.7 Å². The number of pyridine rings is 1. The second-order valence-corrected chi connectivity index (χ2v) is 11.4. The van der Waals surface area contributed by atoms with Crippen molar-refractivity contribution in [1.82, 2.24) is 14.8 Å². The average Bonchev–Trinajstić information content (AvgIpc) is 3.42. The maximum absolute atomic E-state index is 13.6. The van der Waals surface area contributed by atoms with E-state index in [1.807, 2.05) is 12.1 Å². The van der Waals surface area contributed by atoms with Crippen LogP contribution in [0.25, 0.3) is 22.3 Å². The zero-order valence-corrected chi connectivity index (χ0v) is 21.5. The maximum Gasteiger partial charge on any atom is 0.256 e. The molecule has 5 rings (SSSR count). The number of benzene rings is 2. The van der Waals surface area contributed by atoms with Crippen molar-refractivity contribution in [3.8, 4) is 17.0 Å². The molecule has 190 valence electrons. The summed E-state index contributed by atoms with van der Waals surface area (Å²) in [6.45, 7) is 3.25. The molecule has 1 saturated heterocycles. The van der Waals surface area contributed by atoms with E-state index >= 15 is 0 Å². The van der Waals surface area contributed by atoms with Crippen molar-refractivity contribution >= 4 is 38.2 Å². The van der Waals surface area contributed by atoms with E-state index in [-0.39, 0.29) is 29.2 Å². The number of amides is 1. The predicted molar refractivity (Wildman–Crippen MR) is 141 cm³/mol. The molecule has 1 unspecified atom stereocenters. The fourth-order valence-corrected chi connectivity index (χ4v) is 6.33. The summed E-state index contributed by atoms with van der Waals surface area (Å²) in [5.74, 6) is 0.273. The lowest BCUT2D eigenvalue weighted by Crippen LogP contribution is -2.15. The molecular weight excluding hydrogens is 492 g/mol. The number of Topliss-reactive ketones (excluding diaryl/α,β-unsaturated/α-hetero) is 1. The Kier molecular flexibility index (Phi) is 6.28. The third-order valence-corrected chi connectivity index (χ3v) is 8.30. The van der Waals surface area contributed by atoms with Crippen LogP contribution in [0.2, 0.25) is 0 Å². The molecule has 0 spiro atoms. The molecule has 1 atom stereocenters. The molecule has 10 heteroatoms. The van der Waals surface area contributed by atoms with Crippen molar-refractivity contribution in [3.05, 3.63) is 71.4 Å². The molecular formula is C27H26N4O5S. The van der Waals surface area contributed by atoms with E-state index in [1.54, 1.807) is 61.2 Å². The number of rotatable bonds is 6. The Morgan fingerprint density at radius 1 is 1.11 bits per heavy atom. The van der Waals surface area contributed by atoms with Crippen LogP contribution in [-0.4, -0.2) is 53.5 Å². The molecule has 0 aliphatic carbocycles. The van der Waals surface area contributed by atoms with Crippen LogP contribution in [0.3, 0.4) is 0 Å². The highest BCUT2D eigenvalue weighted by molar-refractivity contribution is 7.91. The third-order valence-electron chi connectivity index (χ3n) is 6.55. The average molecular weight is 519 g/mol. The Morgan fingerprint density at radius 3 is 2.51 bits per heavy atom. The van der Waals surface area contributed by atoms with Gasteiger partial charge in [0.1, 0.15) is 5.75 Å². The number of aryl methyl sites for hydroxylation is 1. The fourth-order valence-electron chi connectivity index (χ4n) is 4.64. The number of sulfone groups is 1. The van der Waals surface area contributed by atoms with Crippen LogP contribution in [0.1, 0.15) is 45.8 Å². The van der Waals surface area contributed by atoms with Crippen molar-refractivity contribution in [2.24, 2.45) is 0 Å². The molecule has 3 heterocycles. The van der Waals surface area contributed by atoms with E-state index in [4.69, 9.17) is 9.72 Å². The van der Waals surface area contributed by atoms with Crippen LogP contribution in [-0.2, 0) is 9.84 Å². The molecule has 1 aliphatic rings. The van der Waals surface area contributed by atoms with Gasteiger partial charge in [0.2, 0.25) is 0 Å². The van der Waals surface area contributed by atoms with Crippen molar-refractivity contribution < 1.29 is 22.7 Å². The summed E-state index contributed by atoms with van der Waals surface area (Å²) in [7, 11) is -1.58. The molecule has 2 aromatic carbocycles. The highest BCUT2D eigenvalue weighted by atomic mass is 32.2. The van der Waals surface area contributed by atoms with Crippen LogP contribution in [0.15, 0.2) is 54.6 Å². The summed E-state index contributed by atoms with van der Waals surface area (Å²) in [4.78, 5) is 30.3. The zero-order chi connectivity index (χ0) is 26.3. The zero-order valence-electron chi connectivity index (χ0n) is 20.7. The normalized spacial score (nSPS) is 16.6. The highest BCUT2D eigenvalue weighted by Gasteiger charge is 2.32. The predicted octanol–water partition coefficient (Wildman–Crippen LogP) is 4.23. The first-order chi connectivity index (χ1) is 17.6. The minimum absolute atomic E-state index is 0.0168. The molecule has 37 heavy (non-hydrogen) atoms. The molecule has 0 saturated carbocycles. The maximum atomic E-state index is 13.6. The number of anilines is 1. The van der Waals surface area contributed by atoms with Crippen LogP contribution in [0.5, 0.6) is 5.75 Å². The number of nitrogens with zero attached hydrogens (tertiary/aromatic N) is 3. The minimum Gasteiger partial charge on any atom is -0.497 e. The summed E-state index contributed by atoms with van der Waals surface area (Å²) >= 11 is 0. The Balaban J connectivity index is 1.65. The molecule has 0 radical (unpaired) electrons. The summed E-state index contributed by atoms with van der Waals surface area (Å²) in [5.41, 5.74) is 3.67. The van der Waals surface area contributed by atoms with Gasteiger partial charge in [-0.2, -0.15) is 5.10 Å². The fraction of sp³-hybridized carbons (Fsp3) is 0.259. The quantitative estimate of drug-likeness (QED) is 0.379. The molecule has 0 bridgehead atoms. The summed E-state index contributed by atoms with van der Waals surface area (Å²) in [6, 6.07) is 15.4. The van der Waals surface area contributed by atoms with Gasteiger partial charge in [-0.1, -0.05) is 12.1 Å². The van der Waals surface area contributed by atoms with Gasteiger partial charge in [0, 0.05) is 16.8 Å². The summed E-state index contributed by atoms with van der Waals surface area (Å²) in [5, 5.41) is 8.08. The van der Waals surface area contributed by atoms with Gasteiger partial charge in [0.15, 0.2) is 21.3 Å². The number of carbonyl (C=O) groups excluding carboxylic acids is 2. The number of ether oxygens (including phenoxy) is 1. The van der Waals surface area contributed by atoms with Gasteiger partial charge in [0.05, 0.1) is 47.0 Å². The van der Waals surface area contributed by atoms with Gasteiger partial charge in [-0.3, -0.25) is 9.59 Å². The number of ketones is 1. The molecule has 2 aromatic heterocycles. The van der Waals surface area contributed by atoms with E-state index in [2.05, 4.69) is 10.4 Å². The number of hydrogen-bond donors (Lipinski definition) is 1. The van der Waals surface area contributed by atoms with Gasteiger partial charge in [0.25, 0.3) is 5.91 Å². The van der Waals surface area contributed by atoms with Crippen molar-refractivity contribution in [2.75, 3.05) is 23.9 Å². The molecule has 1 amide bonds. The lowest BCUT2D eigenvalue weighted by molar-refractivity contribution is 0.101. The second-order valence-electron chi connectivity index (χ2n) is 9.16. The Morgan fingerprint density at radius 2 is 1.86 bits per heavy atom. The lowest BCUT2D eigenvalue weighted by Gasteiger charge is -2.13. The van der Waals surface area contributed by atoms with Crippen LogP contribution in [0.4, 0.5) is 5.69 Å². The van der Waals surface area contributed by atoms with E-state index in [0.29, 0.717) is 51.4 Å². The monoisotopic (exact) mass is 518 g/mol. The Bertz CT molecular complexity index is 1640. The standard InChI is InChI=1S/C27H26N4O5S/c1-16-25-23(27(33)28-20-6-4-5-19(13-20)17(2)32)14-24(18-7-9-22(36-3)10-8-18)29-26(25)31(30-16)21-11-12-37(34,35)15-21/h4-10,13-14,21H,11-12,15H2,1-3H3,(H,28,33). The molecule has 1 N–H and O–H groups in total. The molecule has 1 aliphatic heterocycles. The first kappa shape index (κ1) is 24.6. The number of nitrogens with one attached hydrogen (secondary N) is 1. The minimum atomic E-state index is -3.16. The molecule has 1 fully saturated rings. The van der Waals surface area contributed by atoms with E-state index < -0.39 is 9.84 Å². The number of carbonyl (C=O) groups is 2. The number of methoxy groups -OCH3 is 1. The Labute approximate surface area is 214 Å². The topological polar surface area (TPSA) is 120 Å². The van der Waals surface area contributed by atoms with E-state index in [0.717, 1.165) is 5.56 Å².